The second kappa shape index (κ2) is 8.33. The summed E-state index contributed by atoms with van der Waals surface area (Å²) in [6.45, 7) is 8.15. The SMILES string of the molecule is CC(C)(C)OC(=O)N1CCN(c2cccc3c2CC(=O)C3Cc2cccc(F)c2)CC1. The van der Waals surface area contributed by atoms with Crippen LogP contribution in [0.15, 0.2) is 42.5 Å². The van der Waals surface area contributed by atoms with E-state index in [2.05, 4.69) is 11.0 Å². The lowest BCUT2D eigenvalue weighted by atomic mass is 9.92. The summed E-state index contributed by atoms with van der Waals surface area (Å²) in [5, 5.41) is 0. The number of halogens is 1. The number of ether oxygens (including phenoxy) is 1. The van der Waals surface area contributed by atoms with Crippen molar-refractivity contribution in [1.82, 2.24) is 4.90 Å². The van der Waals surface area contributed by atoms with Crippen molar-refractivity contribution in [2.75, 3.05) is 31.1 Å². The molecule has 5 nitrogen and oxygen atoms in total. The Morgan fingerprint density at radius 1 is 1.10 bits per heavy atom. The van der Waals surface area contributed by atoms with Crippen molar-refractivity contribution in [2.24, 2.45) is 0 Å². The summed E-state index contributed by atoms with van der Waals surface area (Å²) < 4.78 is 19.1. The zero-order valence-electron chi connectivity index (χ0n) is 18.4. The first-order chi connectivity index (χ1) is 14.7. The van der Waals surface area contributed by atoms with Crippen molar-refractivity contribution >= 4 is 17.6 Å². The van der Waals surface area contributed by atoms with Crippen LogP contribution in [0, 0.1) is 5.82 Å². The molecule has 0 bridgehead atoms. The molecule has 0 spiro atoms. The Morgan fingerprint density at radius 2 is 1.81 bits per heavy atom. The molecule has 2 aromatic carbocycles. The maximum absolute atomic E-state index is 13.6. The Morgan fingerprint density at radius 3 is 2.48 bits per heavy atom. The molecule has 1 aliphatic heterocycles. The first-order valence-corrected chi connectivity index (χ1v) is 10.8. The van der Waals surface area contributed by atoms with Crippen molar-refractivity contribution in [2.45, 2.75) is 45.1 Å². The number of anilines is 1. The third kappa shape index (κ3) is 4.73. The van der Waals surface area contributed by atoms with Gasteiger partial charge in [-0.15, -0.1) is 0 Å². The number of amides is 1. The molecular formula is C25H29FN2O3. The van der Waals surface area contributed by atoms with Gasteiger partial charge in [0.25, 0.3) is 0 Å². The first kappa shape index (κ1) is 21.3. The standard InChI is InChI=1S/C25H29FN2O3/c1-25(2,3)31-24(30)28-12-10-27(11-13-28)22-9-5-8-19-20(22)16-23(29)21(19)15-17-6-4-7-18(26)14-17/h4-9,14,21H,10-13,15-16H2,1-3H3. The zero-order chi connectivity index (χ0) is 22.2. The number of Topliss-reactive ketones (excluding diaryl/α,β-unsaturated/α-hetero) is 1. The second-order valence-corrected chi connectivity index (χ2v) is 9.33. The van der Waals surface area contributed by atoms with Crippen LogP contribution >= 0.6 is 0 Å². The fourth-order valence-corrected chi connectivity index (χ4v) is 4.46. The average Bonchev–Trinajstić information content (AvgIpc) is 3.02. The van der Waals surface area contributed by atoms with Crippen LogP contribution in [-0.4, -0.2) is 48.6 Å². The summed E-state index contributed by atoms with van der Waals surface area (Å²) >= 11 is 0. The minimum Gasteiger partial charge on any atom is -0.444 e. The molecule has 31 heavy (non-hydrogen) atoms. The molecule has 0 saturated carbocycles. The van der Waals surface area contributed by atoms with E-state index in [0.29, 0.717) is 39.0 Å². The Balaban J connectivity index is 1.48. The highest BCUT2D eigenvalue weighted by Gasteiger charge is 2.34. The number of hydrogen-bond acceptors (Lipinski definition) is 4. The fourth-order valence-electron chi connectivity index (χ4n) is 4.46. The van der Waals surface area contributed by atoms with Gasteiger partial charge < -0.3 is 14.5 Å². The van der Waals surface area contributed by atoms with Crippen LogP contribution < -0.4 is 4.90 Å². The molecule has 1 saturated heterocycles. The summed E-state index contributed by atoms with van der Waals surface area (Å²) in [5.41, 5.74) is 3.51. The molecule has 1 atom stereocenters. The number of hydrogen-bond donors (Lipinski definition) is 0. The maximum Gasteiger partial charge on any atom is 0.410 e. The molecule has 164 valence electrons. The van der Waals surface area contributed by atoms with Gasteiger partial charge in [-0.1, -0.05) is 24.3 Å². The highest BCUT2D eigenvalue weighted by Crippen LogP contribution is 2.38. The summed E-state index contributed by atoms with van der Waals surface area (Å²) in [5.74, 6) is -0.335. The van der Waals surface area contributed by atoms with E-state index < -0.39 is 5.60 Å². The molecule has 1 unspecified atom stereocenters. The van der Waals surface area contributed by atoms with Gasteiger partial charge >= 0.3 is 6.09 Å². The Bertz CT molecular complexity index is 991. The minimum absolute atomic E-state index is 0.180. The van der Waals surface area contributed by atoms with Gasteiger partial charge in [0, 0.05) is 44.2 Å². The van der Waals surface area contributed by atoms with Crippen LogP contribution in [0.2, 0.25) is 0 Å². The van der Waals surface area contributed by atoms with Gasteiger partial charge in [0.15, 0.2) is 0 Å². The van der Waals surface area contributed by atoms with Crippen molar-refractivity contribution in [3.8, 4) is 0 Å². The third-order valence-electron chi connectivity index (χ3n) is 5.90. The monoisotopic (exact) mass is 424 g/mol. The first-order valence-electron chi connectivity index (χ1n) is 10.8. The highest BCUT2D eigenvalue weighted by molar-refractivity contribution is 5.95. The van der Waals surface area contributed by atoms with Gasteiger partial charge in [-0.2, -0.15) is 0 Å². The van der Waals surface area contributed by atoms with Gasteiger partial charge in [-0.3, -0.25) is 4.79 Å². The van der Waals surface area contributed by atoms with Gasteiger partial charge in [-0.25, -0.2) is 9.18 Å². The lowest BCUT2D eigenvalue weighted by Gasteiger charge is -2.37. The summed E-state index contributed by atoms with van der Waals surface area (Å²) in [6.07, 6.45) is 0.632. The lowest BCUT2D eigenvalue weighted by molar-refractivity contribution is -0.119. The summed E-state index contributed by atoms with van der Waals surface area (Å²) in [4.78, 5) is 29.2. The molecule has 2 aromatic rings. The van der Waals surface area contributed by atoms with Gasteiger partial charge in [-0.05, 0) is 62.1 Å². The van der Waals surface area contributed by atoms with Gasteiger partial charge in [0.1, 0.15) is 17.2 Å². The molecule has 1 heterocycles. The number of piperazine rings is 1. The Kier molecular flexibility index (Phi) is 5.73. The third-order valence-corrected chi connectivity index (χ3v) is 5.90. The van der Waals surface area contributed by atoms with E-state index in [1.165, 1.54) is 12.1 Å². The van der Waals surface area contributed by atoms with Crippen LogP contribution in [0.25, 0.3) is 0 Å². The Hall–Kier alpha value is -2.89. The smallest absolute Gasteiger partial charge is 0.410 e. The molecule has 4 rings (SSSR count). The van der Waals surface area contributed by atoms with Crippen molar-refractivity contribution in [3.63, 3.8) is 0 Å². The van der Waals surface area contributed by atoms with Crippen LogP contribution in [0.4, 0.5) is 14.9 Å². The number of carbonyl (C=O) groups excluding carboxylic acids is 2. The predicted molar refractivity (Wildman–Crippen MR) is 118 cm³/mol. The molecule has 1 amide bonds. The maximum atomic E-state index is 13.6. The topological polar surface area (TPSA) is 49.9 Å². The molecule has 1 fully saturated rings. The van der Waals surface area contributed by atoms with E-state index in [1.807, 2.05) is 39.0 Å². The molecule has 0 N–H and O–H groups in total. The molecule has 2 aliphatic rings. The number of rotatable bonds is 3. The highest BCUT2D eigenvalue weighted by atomic mass is 19.1. The number of ketones is 1. The zero-order valence-corrected chi connectivity index (χ0v) is 18.4. The van der Waals surface area contributed by atoms with E-state index in [-0.39, 0.29) is 23.6 Å². The van der Waals surface area contributed by atoms with Crippen molar-refractivity contribution in [3.05, 3.63) is 65.0 Å². The van der Waals surface area contributed by atoms with E-state index in [9.17, 15) is 14.0 Å². The van der Waals surface area contributed by atoms with Crippen molar-refractivity contribution in [1.29, 1.82) is 0 Å². The van der Waals surface area contributed by atoms with E-state index in [1.54, 1.807) is 11.0 Å². The normalized spacial score (nSPS) is 18.8. The van der Waals surface area contributed by atoms with Crippen LogP contribution in [0.1, 0.15) is 43.4 Å². The Labute approximate surface area is 182 Å². The number of fused-ring (bicyclic) bond motifs is 1. The average molecular weight is 425 g/mol. The lowest BCUT2D eigenvalue weighted by Crippen LogP contribution is -2.50. The molecule has 0 aromatic heterocycles. The van der Waals surface area contributed by atoms with E-state index >= 15 is 0 Å². The number of carbonyl (C=O) groups is 2. The molecule has 6 heteroatoms. The number of benzene rings is 2. The second-order valence-electron chi connectivity index (χ2n) is 9.33. The quantitative estimate of drug-likeness (QED) is 0.736. The largest absolute Gasteiger partial charge is 0.444 e. The summed E-state index contributed by atoms with van der Waals surface area (Å²) in [7, 11) is 0. The van der Waals surface area contributed by atoms with Crippen LogP contribution in [-0.2, 0) is 22.4 Å². The van der Waals surface area contributed by atoms with Gasteiger partial charge in [0.05, 0.1) is 0 Å². The molecular weight excluding hydrogens is 395 g/mol. The summed E-state index contributed by atoms with van der Waals surface area (Å²) in [6, 6.07) is 12.5. The van der Waals surface area contributed by atoms with Crippen LogP contribution in [0.3, 0.4) is 0 Å². The van der Waals surface area contributed by atoms with Gasteiger partial charge in [0.2, 0.25) is 0 Å². The number of nitrogens with zero attached hydrogens (tertiary/aromatic N) is 2. The van der Waals surface area contributed by atoms with E-state index in [0.717, 1.165) is 22.4 Å². The molecule has 0 radical (unpaired) electrons. The molecule has 1 aliphatic carbocycles. The van der Waals surface area contributed by atoms with Crippen molar-refractivity contribution < 1.29 is 18.7 Å². The van der Waals surface area contributed by atoms with E-state index in [4.69, 9.17) is 4.74 Å². The fraction of sp³-hybridized carbons (Fsp3) is 0.440. The van der Waals surface area contributed by atoms with Crippen LogP contribution in [0.5, 0.6) is 0 Å². The predicted octanol–water partition coefficient (Wildman–Crippen LogP) is 4.33. The minimum atomic E-state index is -0.508.